The lowest BCUT2D eigenvalue weighted by Gasteiger charge is -2.30. The van der Waals surface area contributed by atoms with Crippen molar-refractivity contribution in [2.45, 2.75) is 66.2 Å². The van der Waals surface area contributed by atoms with Crippen LogP contribution < -0.4 is 4.74 Å². The maximum atomic E-state index is 11.7. The molecule has 7 heteroatoms. The number of ether oxygens (including phenoxy) is 1. The van der Waals surface area contributed by atoms with Crippen LogP contribution in [-0.4, -0.2) is 50.7 Å². The van der Waals surface area contributed by atoms with Crippen LogP contribution in [-0.2, 0) is 24.4 Å². The van der Waals surface area contributed by atoms with Gasteiger partial charge in [-0.05, 0) is 68.5 Å². The molecule has 1 amide bonds. The number of benzene rings is 1. The van der Waals surface area contributed by atoms with E-state index >= 15 is 0 Å². The number of carbonyl (C=O) groups excluding carboxylic acids is 1. The summed E-state index contributed by atoms with van der Waals surface area (Å²) >= 11 is 0. The molecule has 0 bridgehead atoms. The molecule has 3 heterocycles. The van der Waals surface area contributed by atoms with Gasteiger partial charge in [0.1, 0.15) is 5.75 Å². The fourth-order valence-corrected chi connectivity index (χ4v) is 4.76. The van der Waals surface area contributed by atoms with E-state index in [9.17, 15) is 4.79 Å². The average molecular weight is 398 g/mol. The lowest BCUT2D eigenvalue weighted by Crippen LogP contribution is -2.38. The van der Waals surface area contributed by atoms with Crippen LogP contribution >= 0.6 is 0 Å². The molecule has 0 aliphatic carbocycles. The predicted octanol–water partition coefficient (Wildman–Crippen LogP) is 2.91. The quantitative estimate of drug-likeness (QED) is 0.794. The van der Waals surface area contributed by atoms with Gasteiger partial charge in [-0.1, -0.05) is 0 Å². The van der Waals surface area contributed by atoms with E-state index in [2.05, 4.69) is 46.5 Å². The summed E-state index contributed by atoms with van der Waals surface area (Å²) in [6.45, 7) is 12.2. The van der Waals surface area contributed by atoms with E-state index in [0.717, 1.165) is 50.0 Å². The Morgan fingerprint density at radius 3 is 2.69 bits per heavy atom. The van der Waals surface area contributed by atoms with Gasteiger partial charge in [0, 0.05) is 26.6 Å². The summed E-state index contributed by atoms with van der Waals surface area (Å²) in [6.07, 6.45) is 2.27. The van der Waals surface area contributed by atoms with Gasteiger partial charge in [0.05, 0.1) is 19.7 Å². The first-order valence-corrected chi connectivity index (χ1v) is 10.5. The van der Waals surface area contributed by atoms with Crippen LogP contribution in [0.4, 0.5) is 0 Å². The molecular formula is C22H31N5O2. The van der Waals surface area contributed by atoms with Crippen LogP contribution in [0.15, 0.2) is 6.07 Å². The van der Waals surface area contributed by atoms with Gasteiger partial charge >= 0.3 is 0 Å². The Morgan fingerprint density at radius 1 is 1.17 bits per heavy atom. The van der Waals surface area contributed by atoms with Crippen molar-refractivity contribution in [2.24, 2.45) is 0 Å². The summed E-state index contributed by atoms with van der Waals surface area (Å²) in [6, 6.07) is 2.43. The van der Waals surface area contributed by atoms with Crippen LogP contribution in [0.3, 0.4) is 0 Å². The van der Waals surface area contributed by atoms with Crippen molar-refractivity contribution < 1.29 is 9.53 Å². The number of rotatable bonds is 4. The summed E-state index contributed by atoms with van der Waals surface area (Å²) < 4.78 is 7.77. The molecule has 0 saturated carbocycles. The predicted molar refractivity (Wildman–Crippen MR) is 111 cm³/mol. The summed E-state index contributed by atoms with van der Waals surface area (Å²) in [5.41, 5.74) is 5.19. The highest BCUT2D eigenvalue weighted by atomic mass is 16.5. The number of methoxy groups -OCH3 is 1. The number of hydrogen-bond acceptors (Lipinski definition) is 5. The van der Waals surface area contributed by atoms with Gasteiger partial charge in [-0.3, -0.25) is 9.69 Å². The molecule has 2 aromatic rings. The Morgan fingerprint density at radius 2 is 1.97 bits per heavy atom. The highest BCUT2D eigenvalue weighted by Gasteiger charge is 2.33. The minimum atomic E-state index is 0.101. The Kier molecular flexibility index (Phi) is 5.34. The Labute approximate surface area is 172 Å². The van der Waals surface area contributed by atoms with E-state index in [4.69, 9.17) is 4.74 Å². The third-order valence-corrected chi connectivity index (χ3v) is 6.68. The van der Waals surface area contributed by atoms with Crippen molar-refractivity contribution in [2.75, 3.05) is 20.2 Å². The largest absolute Gasteiger partial charge is 0.496 e. The summed E-state index contributed by atoms with van der Waals surface area (Å²) in [4.78, 5) is 16.1. The molecule has 2 aliphatic heterocycles. The minimum absolute atomic E-state index is 0.101. The van der Waals surface area contributed by atoms with Crippen LogP contribution in [0.1, 0.15) is 59.7 Å². The van der Waals surface area contributed by atoms with Crippen LogP contribution in [0.5, 0.6) is 5.75 Å². The molecule has 2 aliphatic rings. The van der Waals surface area contributed by atoms with Gasteiger partial charge in [0.25, 0.3) is 0 Å². The molecule has 29 heavy (non-hydrogen) atoms. The first kappa shape index (κ1) is 19.9. The molecule has 0 N–H and O–H groups in total. The van der Waals surface area contributed by atoms with Gasteiger partial charge in [-0.2, -0.15) is 0 Å². The molecule has 0 radical (unpaired) electrons. The number of aryl methyl sites for hydroxylation is 1. The topological polar surface area (TPSA) is 63.5 Å². The van der Waals surface area contributed by atoms with Crippen molar-refractivity contribution in [1.29, 1.82) is 0 Å². The second-order valence-corrected chi connectivity index (χ2v) is 8.32. The van der Waals surface area contributed by atoms with E-state index in [1.165, 1.54) is 28.7 Å². The van der Waals surface area contributed by atoms with Gasteiger partial charge in [-0.25, -0.2) is 0 Å². The number of aromatic nitrogens is 3. The molecular weight excluding hydrogens is 366 g/mol. The zero-order valence-corrected chi connectivity index (χ0v) is 18.2. The molecule has 156 valence electrons. The van der Waals surface area contributed by atoms with Gasteiger partial charge in [-0.15, -0.1) is 10.2 Å². The van der Waals surface area contributed by atoms with E-state index in [1.54, 1.807) is 14.0 Å². The van der Waals surface area contributed by atoms with E-state index in [-0.39, 0.29) is 11.9 Å². The van der Waals surface area contributed by atoms with Crippen molar-refractivity contribution in [3.05, 3.63) is 40.0 Å². The Hall–Kier alpha value is -2.41. The number of carbonyl (C=O) groups is 1. The smallest absolute Gasteiger partial charge is 0.219 e. The third-order valence-electron chi connectivity index (χ3n) is 6.68. The fourth-order valence-electron chi connectivity index (χ4n) is 4.76. The number of nitrogens with zero attached hydrogens (tertiary/aromatic N) is 5. The van der Waals surface area contributed by atoms with Gasteiger partial charge in [0.15, 0.2) is 11.6 Å². The second kappa shape index (κ2) is 7.78. The molecule has 7 nitrogen and oxygen atoms in total. The molecule has 1 fully saturated rings. The van der Waals surface area contributed by atoms with Gasteiger partial charge < -0.3 is 14.2 Å². The van der Waals surface area contributed by atoms with E-state index in [1.807, 2.05) is 4.90 Å². The molecule has 4 rings (SSSR count). The summed E-state index contributed by atoms with van der Waals surface area (Å²) in [7, 11) is 1.74. The molecule has 0 spiro atoms. The number of amides is 1. The van der Waals surface area contributed by atoms with E-state index < -0.39 is 0 Å². The molecule has 1 atom stereocenters. The fraction of sp³-hybridized carbons (Fsp3) is 0.591. The lowest BCUT2D eigenvalue weighted by atomic mass is 9.96. The summed E-state index contributed by atoms with van der Waals surface area (Å²) in [5, 5.41) is 8.99. The first-order chi connectivity index (χ1) is 13.9. The molecule has 1 aromatic carbocycles. The van der Waals surface area contributed by atoms with Crippen molar-refractivity contribution in [3.63, 3.8) is 0 Å². The van der Waals surface area contributed by atoms with Crippen molar-refractivity contribution in [3.8, 4) is 5.75 Å². The maximum Gasteiger partial charge on any atom is 0.219 e. The van der Waals surface area contributed by atoms with Gasteiger partial charge in [0.2, 0.25) is 5.91 Å². The standard InChI is InChI=1S/C22H31N5O2/c1-14-11-20(29-5)16(3)15(2)18(14)12-26-8-6-7-19(26)22-24-23-21-13-25(17(4)28)9-10-27(21)22/h11,19H,6-10,12-13H2,1-5H3/t19-/m0/s1. The molecule has 1 saturated heterocycles. The minimum Gasteiger partial charge on any atom is -0.496 e. The van der Waals surface area contributed by atoms with Crippen LogP contribution in [0.25, 0.3) is 0 Å². The zero-order valence-electron chi connectivity index (χ0n) is 18.2. The lowest BCUT2D eigenvalue weighted by molar-refractivity contribution is -0.130. The monoisotopic (exact) mass is 397 g/mol. The number of fused-ring (bicyclic) bond motifs is 1. The van der Waals surface area contributed by atoms with Crippen LogP contribution in [0.2, 0.25) is 0 Å². The average Bonchev–Trinajstić information content (AvgIpc) is 3.33. The maximum absolute atomic E-state index is 11.7. The van der Waals surface area contributed by atoms with Crippen LogP contribution in [0, 0.1) is 20.8 Å². The normalized spacial score (nSPS) is 19.5. The molecule has 0 unspecified atom stereocenters. The molecule has 1 aromatic heterocycles. The SMILES string of the molecule is COc1cc(C)c(CN2CCC[C@H]2c2nnc3n2CCN(C(C)=O)C3)c(C)c1C. The Bertz CT molecular complexity index is 936. The zero-order chi connectivity index (χ0) is 20.7. The highest BCUT2D eigenvalue weighted by molar-refractivity contribution is 5.73. The second-order valence-electron chi connectivity index (χ2n) is 8.32. The number of hydrogen-bond donors (Lipinski definition) is 0. The van der Waals surface area contributed by atoms with Crippen molar-refractivity contribution >= 4 is 5.91 Å². The number of likely N-dealkylation sites (tertiary alicyclic amines) is 1. The first-order valence-electron chi connectivity index (χ1n) is 10.5. The van der Waals surface area contributed by atoms with E-state index in [0.29, 0.717) is 6.54 Å². The summed E-state index contributed by atoms with van der Waals surface area (Å²) in [5.74, 6) is 3.02. The third kappa shape index (κ3) is 3.52. The highest BCUT2D eigenvalue weighted by Crippen LogP contribution is 2.36. The van der Waals surface area contributed by atoms with Crippen molar-refractivity contribution in [1.82, 2.24) is 24.6 Å². The Balaban J connectivity index is 1.59.